The van der Waals surface area contributed by atoms with Crippen LogP contribution in [0, 0.1) is 5.92 Å². The van der Waals surface area contributed by atoms with Crippen molar-refractivity contribution in [3.05, 3.63) is 96.1 Å². The molecule has 2 aliphatic heterocycles. The number of ether oxygens (including phenoxy) is 1. The van der Waals surface area contributed by atoms with Crippen LogP contribution in [0.4, 0.5) is 5.69 Å². The minimum Gasteiger partial charge on any atom is -0.494 e. The van der Waals surface area contributed by atoms with Gasteiger partial charge in [-0.25, -0.2) is 15.3 Å². The van der Waals surface area contributed by atoms with E-state index in [0.29, 0.717) is 24.6 Å². The standard InChI is InChI=1S/C26H25N3O3/c1-2-32-21-15-13-20(14-16-21)29-25(30)22-23(19-11-7-4-8-12-19)27-28(24(22)26(29)31)17-18-9-5-3-6-10-18/h3-16,22-24,27H,2,17H2,1H3. The molecule has 3 aromatic carbocycles. The Bertz CT molecular complexity index is 1100. The number of imide groups is 1. The molecule has 0 bridgehead atoms. The average Bonchev–Trinajstić information content (AvgIpc) is 3.32. The van der Waals surface area contributed by atoms with E-state index in [1.165, 1.54) is 4.90 Å². The van der Waals surface area contributed by atoms with E-state index in [4.69, 9.17) is 4.74 Å². The summed E-state index contributed by atoms with van der Waals surface area (Å²) in [6, 6.07) is 26.1. The number of carbonyl (C=O) groups is 2. The van der Waals surface area contributed by atoms with Gasteiger partial charge in [0.05, 0.1) is 24.3 Å². The van der Waals surface area contributed by atoms with Gasteiger partial charge in [0.25, 0.3) is 5.91 Å². The van der Waals surface area contributed by atoms with E-state index in [1.807, 2.05) is 72.6 Å². The van der Waals surface area contributed by atoms with E-state index in [2.05, 4.69) is 5.43 Å². The van der Waals surface area contributed by atoms with Crippen molar-refractivity contribution in [2.75, 3.05) is 11.5 Å². The summed E-state index contributed by atoms with van der Waals surface area (Å²) in [5, 5.41) is 1.92. The Morgan fingerprint density at radius 3 is 2.16 bits per heavy atom. The van der Waals surface area contributed by atoms with Crippen molar-refractivity contribution in [3.63, 3.8) is 0 Å². The highest BCUT2D eigenvalue weighted by Crippen LogP contribution is 2.42. The van der Waals surface area contributed by atoms with Crippen LogP contribution in [0.5, 0.6) is 5.75 Å². The quantitative estimate of drug-likeness (QED) is 0.608. The molecular weight excluding hydrogens is 402 g/mol. The summed E-state index contributed by atoms with van der Waals surface area (Å²) in [5.74, 6) is -0.169. The number of hydrogen-bond acceptors (Lipinski definition) is 5. The fraction of sp³-hybridized carbons (Fsp3) is 0.231. The Morgan fingerprint density at radius 1 is 0.844 bits per heavy atom. The number of nitrogens with zero attached hydrogens (tertiary/aromatic N) is 2. The van der Waals surface area contributed by atoms with Crippen molar-refractivity contribution >= 4 is 17.5 Å². The Morgan fingerprint density at radius 2 is 1.50 bits per heavy atom. The molecule has 2 amide bonds. The zero-order chi connectivity index (χ0) is 22.1. The summed E-state index contributed by atoms with van der Waals surface area (Å²) >= 11 is 0. The third kappa shape index (κ3) is 3.57. The maximum Gasteiger partial charge on any atom is 0.253 e. The molecule has 0 saturated carbocycles. The molecule has 6 nitrogen and oxygen atoms in total. The highest BCUT2D eigenvalue weighted by molar-refractivity contribution is 6.24. The predicted octanol–water partition coefficient (Wildman–Crippen LogP) is 3.71. The van der Waals surface area contributed by atoms with E-state index in [1.54, 1.807) is 24.3 Å². The van der Waals surface area contributed by atoms with Crippen molar-refractivity contribution in [2.24, 2.45) is 5.92 Å². The number of carbonyl (C=O) groups excluding carboxylic acids is 2. The Hall–Kier alpha value is -3.48. The Kier molecular flexibility index (Phi) is 5.47. The van der Waals surface area contributed by atoms with Gasteiger partial charge in [0, 0.05) is 6.54 Å². The monoisotopic (exact) mass is 427 g/mol. The Labute approximate surface area is 187 Å². The van der Waals surface area contributed by atoms with Gasteiger partial charge < -0.3 is 4.74 Å². The second kappa shape index (κ2) is 8.57. The van der Waals surface area contributed by atoms with Gasteiger partial charge in [0.15, 0.2) is 0 Å². The fourth-order valence-corrected chi connectivity index (χ4v) is 4.65. The largest absolute Gasteiger partial charge is 0.494 e. The van der Waals surface area contributed by atoms with Crippen LogP contribution in [0.15, 0.2) is 84.9 Å². The van der Waals surface area contributed by atoms with Gasteiger partial charge >= 0.3 is 0 Å². The van der Waals surface area contributed by atoms with Gasteiger partial charge in [0.2, 0.25) is 5.91 Å². The molecule has 2 fully saturated rings. The van der Waals surface area contributed by atoms with Crippen LogP contribution in [0.1, 0.15) is 24.1 Å². The zero-order valence-electron chi connectivity index (χ0n) is 17.8. The topological polar surface area (TPSA) is 61.9 Å². The van der Waals surface area contributed by atoms with Crippen LogP contribution >= 0.6 is 0 Å². The highest BCUT2D eigenvalue weighted by atomic mass is 16.5. The van der Waals surface area contributed by atoms with Crippen LogP contribution in [0.2, 0.25) is 0 Å². The lowest BCUT2D eigenvalue weighted by molar-refractivity contribution is -0.124. The van der Waals surface area contributed by atoms with Crippen LogP contribution in [-0.2, 0) is 16.1 Å². The minimum atomic E-state index is -0.570. The number of fused-ring (bicyclic) bond motifs is 1. The number of benzene rings is 3. The lowest BCUT2D eigenvalue weighted by atomic mass is 9.91. The molecule has 6 heteroatoms. The van der Waals surface area contributed by atoms with E-state index < -0.39 is 12.0 Å². The fourth-order valence-electron chi connectivity index (χ4n) is 4.65. The highest BCUT2D eigenvalue weighted by Gasteiger charge is 2.58. The molecule has 0 aliphatic carbocycles. The molecule has 5 rings (SSSR count). The van der Waals surface area contributed by atoms with Gasteiger partial charge in [-0.1, -0.05) is 60.7 Å². The maximum absolute atomic E-state index is 13.6. The minimum absolute atomic E-state index is 0.180. The molecule has 2 saturated heterocycles. The lowest BCUT2D eigenvalue weighted by Gasteiger charge is -2.25. The molecule has 32 heavy (non-hydrogen) atoms. The Balaban J connectivity index is 1.50. The third-order valence-electron chi connectivity index (χ3n) is 6.08. The first kappa shape index (κ1) is 20.4. The number of hydrogen-bond donors (Lipinski definition) is 1. The number of nitrogens with one attached hydrogen (secondary N) is 1. The number of anilines is 1. The van der Waals surface area contributed by atoms with Crippen LogP contribution in [0.25, 0.3) is 0 Å². The second-order valence-corrected chi connectivity index (χ2v) is 8.04. The SMILES string of the molecule is CCOc1ccc(N2C(=O)C3C(c4ccccc4)NN(Cc4ccccc4)C3C2=O)cc1. The van der Waals surface area contributed by atoms with Gasteiger partial charge in [-0.05, 0) is 42.3 Å². The summed E-state index contributed by atoms with van der Waals surface area (Å²) < 4.78 is 5.50. The first-order valence-corrected chi connectivity index (χ1v) is 10.9. The molecule has 162 valence electrons. The molecule has 2 aliphatic rings. The van der Waals surface area contributed by atoms with Crippen molar-refractivity contribution in [1.82, 2.24) is 10.4 Å². The van der Waals surface area contributed by atoms with E-state index in [0.717, 1.165) is 11.1 Å². The van der Waals surface area contributed by atoms with Crippen LogP contribution in [-0.4, -0.2) is 29.5 Å². The smallest absolute Gasteiger partial charge is 0.253 e. The predicted molar refractivity (Wildman–Crippen MR) is 122 cm³/mol. The van der Waals surface area contributed by atoms with Crippen molar-refractivity contribution in [3.8, 4) is 5.75 Å². The van der Waals surface area contributed by atoms with Crippen molar-refractivity contribution in [1.29, 1.82) is 0 Å². The second-order valence-electron chi connectivity index (χ2n) is 8.04. The van der Waals surface area contributed by atoms with Crippen LogP contribution < -0.4 is 15.1 Å². The third-order valence-corrected chi connectivity index (χ3v) is 6.08. The zero-order valence-corrected chi connectivity index (χ0v) is 17.8. The van der Waals surface area contributed by atoms with Crippen molar-refractivity contribution in [2.45, 2.75) is 25.6 Å². The summed E-state index contributed by atoms with van der Waals surface area (Å²) in [6.07, 6.45) is 0. The summed E-state index contributed by atoms with van der Waals surface area (Å²) in [5.41, 5.74) is 6.10. The average molecular weight is 428 g/mol. The van der Waals surface area contributed by atoms with Gasteiger partial charge in [-0.3, -0.25) is 9.59 Å². The van der Waals surface area contributed by atoms with E-state index in [-0.39, 0.29) is 17.9 Å². The number of amides is 2. The molecule has 2 heterocycles. The molecule has 3 aromatic rings. The molecule has 3 unspecified atom stereocenters. The first-order chi connectivity index (χ1) is 15.7. The molecule has 0 radical (unpaired) electrons. The summed E-state index contributed by atoms with van der Waals surface area (Å²) in [6.45, 7) is 3.01. The normalized spacial score (nSPS) is 22.9. The summed E-state index contributed by atoms with van der Waals surface area (Å²) in [7, 11) is 0. The van der Waals surface area contributed by atoms with E-state index >= 15 is 0 Å². The first-order valence-electron chi connectivity index (χ1n) is 10.9. The summed E-state index contributed by atoms with van der Waals surface area (Å²) in [4.78, 5) is 28.5. The number of hydrazine groups is 1. The van der Waals surface area contributed by atoms with Gasteiger partial charge in [0.1, 0.15) is 11.8 Å². The molecule has 1 N–H and O–H groups in total. The maximum atomic E-state index is 13.6. The lowest BCUT2D eigenvalue weighted by Crippen LogP contribution is -2.45. The molecule has 0 spiro atoms. The molecule has 3 atom stereocenters. The molecular formula is C26H25N3O3. The van der Waals surface area contributed by atoms with E-state index in [9.17, 15) is 9.59 Å². The van der Waals surface area contributed by atoms with Gasteiger partial charge in [-0.2, -0.15) is 0 Å². The van der Waals surface area contributed by atoms with Gasteiger partial charge in [-0.15, -0.1) is 0 Å². The van der Waals surface area contributed by atoms with Crippen LogP contribution in [0.3, 0.4) is 0 Å². The molecule has 0 aromatic heterocycles. The van der Waals surface area contributed by atoms with Crippen molar-refractivity contribution < 1.29 is 14.3 Å². The number of rotatable bonds is 6.